The molecule has 17 heavy (non-hydrogen) atoms. The second-order valence-electron chi connectivity index (χ2n) is 5.52. The SMILES string of the molecule is CCCC1CN(CC(F)F)C(CC(C)C)CN1. The van der Waals surface area contributed by atoms with Crippen molar-refractivity contribution in [2.24, 2.45) is 5.92 Å². The van der Waals surface area contributed by atoms with Crippen LogP contribution in [0.5, 0.6) is 0 Å². The molecule has 0 spiro atoms. The Bertz CT molecular complexity index is 210. The van der Waals surface area contributed by atoms with Crippen molar-refractivity contribution >= 4 is 0 Å². The number of alkyl halides is 2. The lowest BCUT2D eigenvalue weighted by Crippen LogP contribution is -2.57. The van der Waals surface area contributed by atoms with Crippen LogP contribution in [0.2, 0.25) is 0 Å². The highest BCUT2D eigenvalue weighted by Gasteiger charge is 2.29. The first-order valence-corrected chi connectivity index (χ1v) is 6.78. The smallest absolute Gasteiger partial charge is 0.251 e. The van der Waals surface area contributed by atoms with Crippen LogP contribution in [0.1, 0.15) is 40.0 Å². The lowest BCUT2D eigenvalue weighted by molar-refractivity contribution is 0.0355. The number of rotatable bonds is 6. The third-order valence-electron chi connectivity index (χ3n) is 3.37. The molecule has 1 saturated heterocycles. The van der Waals surface area contributed by atoms with E-state index in [1.54, 1.807) is 0 Å². The number of halogens is 2. The molecule has 4 heteroatoms. The zero-order valence-corrected chi connectivity index (χ0v) is 11.3. The topological polar surface area (TPSA) is 15.3 Å². The molecule has 1 N–H and O–H groups in total. The van der Waals surface area contributed by atoms with E-state index in [4.69, 9.17) is 0 Å². The van der Waals surface area contributed by atoms with Gasteiger partial charge in [-0.15, -0.1) is 0 Å². The largest absolute Gasteiger partial charge is 0.311 e. The maximum atomic E-state index is 12.6. The van der Waals surface area contributed by atoms with Crippen LogP contribution in [-0.2, 0) is 0 Å². The zero-order valence-electron chi connectivity index (χ0n) is 11.3. The van der Waals surface area contributed by atoms with Crippen LogP contribution in [0.25, 0.3) is 0 Å². The van der Waals surface area contributed by atoms with Gasteiger partial charge >= 0.3 is 0 Å². The Balaban J connectivity index is 2.52. The first-order valence-electron chi connectivity index (χ1n) is 6.78. The quantitative estimate of drug-likeness (QED) is 0.777. The highest BCUT2D eigenvalue weighted by atomic mass is 19.3. The van der Waals surface area contributed by atoms with Crippen LogP contribution in [0.15, 0.2) is 0 Å². The summed E-state index contributed by atoms with van der Waals surface area (Å²) in [7, 11) is 0. The van der Waals surface area contributed by atoms with Crippen LogP contribution < -0.4 is 5.32 Å². The summed E-state index contributed by atoms with van der Waals surface area (Å²) in [6.45, 7) is 8.00. The van der Waals surface area contributed by atoms with E-state index in [2.05, 4.69) is 26.1 Å². The summed E-state index contributed by atoms with van der Waals surface area (Å²) >= 11 is 0. The van der Waals surface area contributed by atoms with Gasteiger partial charge in [0.2, 0.25) is 0 Å². The third kappa shape index (κ3) is 5.30. The van der Waals surface area contributed by atoms with Gasteiger partial charge in [-0.2, -0.15) is 0 Å². The van der Waals surface area contributed by atoms with Gasteiger partial charge in [0.1, 0.15) is 0 Å². The summed E-state index contributed by atoms with van der Waals surface area (Å²) in [4.78, 5) is 1.99. The predicted octanol–water partition coefficient (Wildman–Crippen LogP) is 2.74. The molecule has 2 nitrogen and oxygen atoms in total. The molecule has 0 aromatic heterocycles. The van der Waals surface area contributed by atoms with Crippen LogP contribution >= 0.6 is 0 Å². The molecule has 0 saturated carbocycles. The zero-order chi connectivity index (χ0) is 12.8. The van der Waals surface area contributed by atoms with Crippen LogP contribution in [0.3, 0.4) is 0 Å². The molecular formula is C13H26F2N2. The van der Waals surface area contributed by atoms with Gasteiger partial charge < -0.3 is 5.32 Å². The molecule has 2 unspecified atom stereocenters. The number of nitrogens with zero attached hydrogens (tertiary/aromatic N) is 1. The van der Waals surface area contributed by atoms with Crippen molar-refractivity contribution in [2.45, 2.75) is 58.5 Å². The maximum Gasteiger partial charge on any atom is 0.251 e. The minimum Gasteiger partial charge on any atom is -0.311 e. The van der Waals surface area contributed by atoms with Gasteiger partial charge in [-0.25, -0.2) is 8.78 Å². The molecule has 0 bridgehead atoms. The normalized spacial score (nSPS) is 27.0. The van der Waals surface area contributed by atoms with E-state index in [1.165, 1.54) is 0 Å². The van der Waals surface area contributed by atoms with Gasteiger partial charge in [-0.1, -0.05) is 27.2 Å². The van der Waals surface area contributed by atoms with Crippen molar-refractivity contribution in [3.63, 3.8) is 0 Å². The summed E-state index contributed by atoms with van der Waals surface area (Å²) < 4.78 is 25.2. The molecule has 1 fully saturated rings. The maximum absolute atomic E-state index is 12.6. The van der Waals surface area contributed by atoms with Gasteiger partial charge in [0, 0.05) is 25.2 Å². The Morgan fingerprint density at radius 1 is 1.35 bits per heavy atom. The first kappa shape index (κ1) is 14.8. The van der Waals surface area contributed by atoms with E-state index in [0.717, 1.165) is 32.4 Å². The van der Waals surface area contributed by atoms with E-state index in [0.29, 0.717) is 12.0 Å². The third-order valence-corrected chi connectivity index (χ3v) is 3.37. The Morgan fingerprint density at radius 2 is 2.06 bits per heavy atom. The van der Waals surface area contributed by atoms with Crippen molar-refractivity contribution in [3.05, 3.63) is 0 Å². The fourth-order valence-corrected chi connectivity index (χ4v) is 2.65. The van der Waals surface area contributed by atoms with Crippen molar-refractivity contribution < 1.29 is 8.78 Å². The summed E-state index contributed by atoms with van der Waals surface area (Å²) in [5, 5.41) is 3.49. The molecule has 0 aromatic rings. The summed E-state index contributed by atoms with van der Waals surface area (Å²) in [6.07, 6.45) is 0.965. The molecular weight excluding hydrogens is 222 g/mol. The van der Waals surface area contributed by atoms with E-state index >= 15 is 0 Å². The highest BCUT2D eigenvalue weighted by Crippen LogP contribution is 2.18. The summed E-state index contributed by atoms with van der Waals surface area (Å²) in [6, 6.07) is 0.666. The van der Waals surface area contributed by atoms with E-state index in [1.807, 2.05) is 4.90 Å². The highest BCUT2D eigenvalue weighted by molar-refractivity contribution is 4.86. The van der Waals surface area contributed by atoms with Crippen molar-refractivity contribution in [1.29, 1.82) is 0 Å². The average Bonchev–Trinajstić information content (AvgIpc) is 2.21. The molecule has 0 radical (unpaired) electrons. The number of piperazine rings is 1. The van der Waals surface area contributed by atoms with Gasteiger partial charge in [0.25, 0.3) is 6.43 Å². The Labute approximate surface area is 104 Å². The molecule has 2 atom stereocenters. The van der Waals surface area contributed by atoms with Crippen LogP contribution in [-0.4, -0.2) is 43.0 Å². The molecule has 102 valence electrons. The number of hydrogen-bond donors (Lipinski definition) is 1. The molecule has 0 amide bonds. The molecule has 1 aliphatic heterocycles. The van der Waals surface area contributed by atoms with Crippen molar-refractivity contribution in [2.75, 3.05) is 19.6 Å². The number of hydrogen-bond acceptors (Lipinski definition) is 2. The van der Waals surface area contributed by atoms with E-state index in [9.17, 15) is 8.78 Å². The second-order valence-corrected chi connectivity index (χ2v) is 5.52. The van der Waals surface area contributed by atoms with E-state index in [-0.39, 0.29) is 12.6 Å². The van der Waals surface area contributed by atoms with Gasteiger partial charge in [-0.05, 0) is 18.8 Å². The fourth-order valence-electron chi connectivity index (χ4n) is 2.65. The van der Waals surface area contributed by atoms with Gasteiger partial charge in [0.05, 0.1) is 6.54 Å². The lowest BCUT2D eigenvalue weighted by Gasteiger charge is -2.41. The Hall–Kier alpha value is -0.220. The van der Waals surface area contributed by atoms with Crippen LogP contribution in [0.4, 0.5) is 8.78 Å². The first-order chi connectivity index (χ1) is 8.02. The average molecular weight is 248 g/mol. The minimum absolute atomic E-state index is 0.0702. The van der Waals surface area contributed by atoms with Crippen LogP contribution in [0, 0.1) is 5.92 Å². The van der Waals surface area contributed by atoms with Gasteiger partial charge in [0.15, 0.2) is 0 Å². The monoisotopic (exact) mass is 248 g/mol. The summed E-state index contributed by atoms with van der Waals surface area (Å²) in [5.74, 6) is 0.560. The lowest BCUT2D eigenvalue weighted by atomic mass is 9.98. The van der Waals surface area contributed by atoms with E-state index < -0.39 is 6.43 Å². The predicted molar refractivity (Wildman–Crippen MR) is 67.5 cm³/mol. The standard InChI is InChI=1S/C13H26F2N2/c1-4-5-11-8-17(9-13(14)15)12(7-16-11)6-10(2)3/h10-13,16H,4-9H2,1-3H3. The van der Waals surface area contributed by atoms with Crippen molar-refractivity contribution in [1.82, 2.24) is 10.2 Å². The number of nitrogens with one attached hydrogen (secondary N) is 1. The molecule has 1 aliphatic rings. The Morgan fingerprint density at radius 3 is 2.59 bits per heavy atom. The molecule has 0 aromatic carbocycles. The molecule has 0 aliphatic carbocycles. The summed E-state index contributed by atoms with van der Waals surface area (Å²) in [5.41, 5.74) is 0. The fraction of sp³-hybridized carbons (Fsp3) is 1.00. The Kier molecular flexibility index (Phi) is 6.34. The minimum atomic E-state index is -2.22. The second kappa shape index (κ2) is 7.27. The molecule has 1 rings (SSSR count). The molecule has 1 heterocycles. The van der Waals surface area contributed by atoms with Gasteiger partial charge in [-0.3, -0.25) is 4.90 Å². The van der Waals surface area contributed by atoms with Crippen molar-refractivity contribution in [3.8, 4) is 0 Å².